The van der Waals surface area contributed by atoms with Crippen molar-refractivity contribution in [2.45, 2.75) is 32.2 Å². The normalized spacial score (nSPS) is 16.2. The average molecular weight is 557 g/mol. The molecule has 0 spiro atoms. The number of fused-ring (bicyclic) bond motifs is 1. The monoisotopic (exact) mass is 556 g/mol. The van der Waals surface area contributed by atoms with Crippen molar-refractivity contribution in [2.75, 3.05) is 56.7 Å². The fraction of sp³-hybridized carbons (Fsp3) is 0.429. The second-order valence-electron chi connectivity index (χ2n) is 9.54. The summed E-state index contributed by atoms with van der Waals surface area (Å²) in [4.78, 5) is 44.5. The quantitative estimate of drug-likeness (QED) is 0.431. The summed E-state index contributed by atoms with van der Waals surface area (Å²) in [5, 5.41) is 5.73. The van der Waals surface area contributed by atoms with Crippen LogP contribution in [0.1, 0.15) is 48.2 Å². The number of piperidine rings is 1. The maximum absolute atomic E-state index is 13.2. The lowest BCUT2D eigenvalue weighted by Crippen LogP contribution is -2.41. The van der Waals surface area contributed by atoms with Crippen molar-refractivity contribution in [3.05, 3.63) is 53.6 Å². The first-order valence-electron chi connectivity index (χ1n) is 13.3. The SMILES string of the molecule is CCNC.O=CN1CCC(n2c(NC(=O)c3cccc(C(F)F)c3)nc3cc(N4CCOCC4=O)ccc32)CC1. The van der Waals surface area contributed by atoms with Gasteiger partial charge in [0.2, 0.25) is 12.4 Å². The van der Waals surface area contributed by atoms with Crippen LogP contribution in [0, 0.1) is 0 Å². The highest BCUT2D eigenvalue weighted by Crippen LogP contribution is 2.33. The molecule has 2 N–H and O–H groups in total. The molecule has 2 aliphatic heterocycles. The van der Waals surface area contributed by atoms with Crippen LogP contribution in [-0.2, 0) is 14.3 Å². The van der Waals surface area contributed by atoms with Crippen molar-refractivity contribution < 1.29 is 27.9 Å². The van der Waals surface area contributed by atoms with Crippen molar-refractivity contribution in [3.8, 4) is 0 Å². The number of carbonyl (C=O) groups is 3. The van der Waals surface area contributed by atoms with Gasteiger partial charge in [-0.15, -0.1) is 0 Å². The number of likely N-dealkylation sites (tertiary alicyclic amines) is 1. The van der Waals surface area contributed by atoms with Gasteiger partial charge in [-0.1, -0.05) is 19.1 Å². The predicted octanol–water partition coefficient (Wildman–Crippen LogP) is 3.61. The number of hydrogen-bond donors (Lipinski definition) is 2. The topological polar surface area (TPSA) is 109 Å². The third-order valence-electron chi connectivity index (χ3n) is 6.96. The van der Waals surface area contributed by atoms with Gasteiger partial charge < -0.3 is 24.4 Å². The average Bonchev–Trinajstić information content (AvgIpc) is 3.34. The number of carbonyl (C=O) groups excluding carboxylic acids is 3. The zero-order chi connectivity index (χ0) is 28.6. The van der Waals surface area contributed by atoms with Gasteiger partial charge in [0.25, 0.3) is 18.2 Å². The van der Waals surface area contributed by atoms with E-state index in [0.717, 1.165) is 24.5 Å². The number of aromatic nitrogens is 2. The Morgan fingerprint density at radius 3 is 2.58 bits per heavy atom. The summed E-state index contributed by atoms with van der Waals surface area (Å²) in [5.74, 6) is -0.413. The fourth-order valence-electron chi connectivity index (χ4n) is 4.74. The molecule has 5 rings (SSSR count). The van der Waals surface area contributed by atoms with E-state index < -0.39 is 12.3 Å². The number of amides is 3. The van der Waals surface area contributed by atoms with Gasteiger partial charge in [0.1, 0.15) is 6.61 Å². The molecule has 3 aromatic rings. The number of hydrogen-bond acceptors (Lipinski definition) is 6. The van der Waals surface area contributed by atoms with Gasteiger partial charge in [0.15, 0.2) is 0 Å². The molecule has 2 aromatic carbocycles. The van der Waals surface area contributed by atoms with E-state index >= 15 is 0 Å². The summed E-state index contributed by atoms with van der Waals surface area (Å²) in [6.07, 6.45) is -0.534. The predicted molar refractivity (Wildman–Crippen MR) is 148 cm³/mol. The molecular formula is C28H34F2N6O4. The molecule has 1 aromatic heterocycles. The van der Waals surface area contributed by atoms with Crippen LogP contribution in [0.2, 0.25) is 0 Å². The molecule has 0 radical (unpaired) electrons. The van der Waals surface area contributed by atoms with Gasteiger partial charge in [-0.3, -0.25) is 19.7 Å². The second-order valence-corrected chi connectivity index (χ2v) is 9.54. The summed E-state index contributed by atoms with van der Waals surface area (Å²) in [7, 11) is 1.93. The third-order valence-corrected chi connectivity index (χ3v) is 6.96. The standard InChI is InChI=1S/C25H25F2N5O4.C3H9N/c26-23(27)16-2-1-3-17(12-16)24(35)29-25-28-20-13-19(31-10-11-36-14-22(31)34)4-5-21(20)32(25)18-6-8-30(15-33)9-7-18;1-3-4-2/h1-5,12-13,15,18,23H,6-11,14H2,(H,28,29,35);4H,3H2,1-2H3. The minimum Gasteiger partial charge on any atom is -0.370 e. The van der Waals surface area contributed by atoms with Crippen molar-refractivity contribution in [3.63, 3.8) is 0 Å². The molecule has 40 heavy (non-hydrogen) atoms. The van der Waals surface area contributed by atoms with E-state index in [1.165, 1.54) is 18.2 Å². The van der Waals surface area contributed by atoms with E-state index in [1.807, 2.05) is 23.7 Å². The van der Waals surface area contributed by atoms with Crippen LogP contribution in [0.4, 0.5) is 20.4 Å². The Kier molecular flexibility index (Phi) is 9.78. The molecular weight excluding hydrogens is 522 g/mol. The molecule has 12 heteroatoms. The van der Waals surface area contributed by atoms with Crippen LogP contribution in [0.5, 0.6) is 0 Å². The van der Waals surface area contributed by atoms with E-state index in [0.29, 0.717) is 50.3 Å². The van der Waals surface area contributed by atoms with Crippen LogP contribution in [0.25, 0.3) is 11.0 Å². The number of nitrogens with one attached hydrogen (secondary N) is 2. The Balaban J connectivity index is 0.000000867. The van der Waals surface area contributed by atoms with Crippen molar-refractivity contribution in [1.29, 1.82) is 0 Å². The first-order chi connectivity index (χ1) is 19.4. The van der Waals surface area contributed by atoms with E-state index in [4.69, 9.17) is 4.74 Å². The van der Waals surface area contributed by atoms with Crippen molar-refractivity contribution in [1.82, 2.24) is 19.8 Å². The van der Waals surface area contributed by atoms with Gasteiger partial charge in [0.05, 0.1) is 17.6 Å². The highest BCUT2D eigenvalue weighted by molar-refractivity contribution is 6.04. The van der Waals surface area contributed by atoms with Crippen LogP contribution in [0.3, 0.4) is 0 Å². The van der Waals surface area contributed by atoms with Gasteiger partial charge in [0, 0.05) is 42.5 Å². The van der Waals surface area contributed by atoms with Gasteiger partial charge in [-0.25, -0.2) is 13.8 Å². The maximum atomic E-state index is 13.2. The molecule has 10 nitrogen and oxygen atoms in total. The van der Waals surface area contributed by atoms with Gasteiger partial charge in [-0.2, -0.15) is 0 Å². The lowest BCUT2D eigenvalue weighted by Gasteiger charge is -2.31. The smallest absolute Gasteiger partial charge is 0.263 e. The van der Waals surface area contributed by atoms with Crippen molar-refractivity contribution in [2.24, 2.45) is 0 Å². The summed E-state index contributed by atoms with van der Waals surface area (Å²) in [5.41, 5.74) is 1.89. The summed E-state index contributed by atoms with van der Waals surface area (Å²) in [6, 6.07) is 10.8. The Bertz CT molecular complexity index is 1340. The Morgan fingerprint density at radius 1 is 1.18 bits per heavy atom. The Labute approximate surface area is 231 Å². The highest BCUT2D eigenvalue weighted by Gasteiger charge is 2.27. The Morgan fingerprint density at radius 2 is 1.93 bits per heavy atom. The van der Waals surface area contributed by atoms with Gasteiger partial charge >= 0.3 is 0 Å². The number of benzene rings is 2. The maximum Gasteiger partial charge on any atom is 0.263 e. The van der Waals surface area contributed by atoms with Crippen LogP contribution in [0.15, 0.2) is 42.5 Å². The molecule has 2 aliphatic rings. The Hall–Kier alpha value is -3.90. The molecule has 214 valence electrons. The first kappa shape index (κ1) is 29.1. The largest absolute Gasteiger partial charge is 0.370 e. The number of morpholine rings is 1. The van der Waals surface area contributed by atoms with E-state index in [2.05, 4.69) is 22.5 Å². The molecule has 3 heterocycles. The third kappa shape index (κ3) is 6.62. The molecule has 2 saturated heterocycles. The van der Waals surface area contributed by atoms with E-state index in [9.17, 15) is 23.2 Å². The number of rotatable bonds is 7. The highest BCUT2D eigenvalue weighted by atomic mass is 19.3. The fourth-order valence-corrected chi connectivity index (χ4v) is 4.74. The zero-order valence-electron chi connectivity index (χ0n) is 22.6. The molecule has 0 atom stereocenters. The van der Waals surface area contributed by atoms with Crippen LogP contribution < -0.4 is 15.5 Å². The molecule has 0 bridgehead atoms. The molecule has 0 saturated carbocycles. The second kappa shape index (κ2) is 13.4. The molecule has 0 unspecified atom stereocenters. The number of nitrogens with zero attached hydrogens (tertiary/aromatic N) is 4. The minimum atomic E-state index is -2.69. The van der Waals surface area contributed by atoms with E-state index in [-0.39, 0.29) is 35.6 Å². The lowest BCUT2D eigenvalue weighted by atomic mass is 10.0. The van der Waals surface area contributed by atoms with Crippen LogP contribution in [-0.4, -0.2) is 79.1 Å². The number of imidazole rings is 1. The van der Waals surface area contributed by atoms with Gasteiger partial charge in [-0.05, 0) is 56.8 Å². The number of halogens is 2. The van der Waals surface area contributed by atoms with E-state index in [1.54, 1.807) is 15.9 Å². The summed E-state index contributed by atoms with van der Waals surface area (Å²) < 4.78 is 33.4. The number of anilines is 2. The zero-order valence-corrected chi connectivity index (χ0v) is 22.6. The summed E-state index contributed by atoms with van der Waals surface area (Å²) in [6.45, 7) is 5.16. The molecule has 2 fully saturated rings. The lowest BCUT2D eigenvalue weighted by molar-refractivity contribution is -0.125. The molecule has 0 aliphatic carbocycles. The number of ether oxygens (including phenoxy) is 1. The van der Waals surface area contributed by atoms with Crippen molar-refractivity contribution >= 4 is 40.9 Å². The minimum absolute atomic E-state index is 0.0147. The van der Waals surface area contributed by atoms with Crippen LogP contribution >= 0.6 is 0 Å². The first-order valence-corrected chi connectivity index (χ1v) is 13.3. The number of alkyl halides is 2. The molecule has 3 amide bonds. The summed E-state index contributed by atoms with van der Waals surface area (Å²) >= 11 is 0.